The van der Waals surface area contributed by atoms with E-state index in [4.69, 9.17) is 8.83 Å². The van der Waals surface area contributed by atoms with Gasteiger partial charge in [-0.05, 0) is 45.7 Å². The summed E-state index contributed by atoms with van der Waals surface area (Å²) < 4.78 is 10.1. The predicted molar refractivity (Wildman–Crippen MR) is 91.3 cm³/mol. The first-order chi connectivity index (χ1) is 12.1. The molecule has 0 spiro atoms. The second kappa shape index (κ2) is 8.29. The van der Waals surface area contributed by atoms with E-state index in [2.05, 4.69) is 28.7 Å². The molecule has 1 amide bonds. The molecule has 0 N–H and O–H groups in total. The minimum atomic E-state index is 0.133. The van der Waals surface area contributed by atoms with Gasteiger partial charge in [-0.25, -0.2) is 9.97 Å². The molecule has 25 heavy (non-hydrogen) atoms. The van der Waals surface area contributed by atoms with Crippen LogP contribution in [0.5, 0.6) is 0 Å². The molecule has 1 aliphatic heterocycles. The van der Waals surface area contributed by atoms with Gasteiger partial charge in [-0.15, -0.1) is 0 Å². The van der Waals surface area contributed by atoms with Crippen LogP contribution in [0.3, 0.4) is 0 Å². The highest BCUT2D eigenvalue weighted by Crippen LogP contribution is 2.23. The van der Waals surface area contributed by atoms with E-state index in [-0.39, 0.29) is 5.91 Å². The van der Waals surface area contributed by atoms with Gasteiger partial charge in [0, 0.05) is 12.5 Å². The Bertz CT molecular complexity index is 595. The van der Waals surface area contributed by atoms with E-state index >= 15 is 0 Å². The number of piperidine rings is 1. The van der Waals surface area contributed by atoms with Crippen molar-refractivity contribution in [3.8, 4) is 0 Å². The second-order valence-electron chi connectivity index (χ2n) is 6.99. The summed E-state index contributed by atoms with van der Waals surface area (Å²) in [7, 11) is 0. The second-order valence-corrected chi connectivity index (χ2v) is 6.99. The monoisotopic (exact) mass is 346 g/mol. The van der Waals surface area contributed by atoms with Gasteiger partial charge in [-0.1, -0.05) is 0 Å². The molecular formula is C18H26N4O3. The third-order valence-corrected chi connectivity index (χ3v) is 4.87. The lowest BCUT2D eigenvalue weighted by atomic mass is 9.92. The van der Waals surface area contributed by atoms with Crippen molar-refractivity contribution < 1.29 is 13.6 Å². The first-order valence-corrected chi connectivity index (χ1v) is 8.87. The fourth-order valence-corrected chi connectivity index (χ4v) is 3.30. The molecule has 0 aromatic carbocycles. The average molecular weight is 346 g/mol. The van der Waals surface area contributed by atoms with Crippen LogP contribution in [0.2, 0.25) is 0 Å². The number of nitrogens with zero attached hydrogens (tertiary/aromatic N) is 4. The highest BCUT2D eigenvalue weighted by molar-refractivity contribution is 5.76. The zero-order chi connectivity index (χ0) is 17.6. The van der Waals surface area contributed by atoms with Crippen molar-refractivity contribution in [1.82, 2.24) is 19.8 Å². The number of amides is 1. The summed E-state index contributed by atoms with van der Waals surface area (Å²) in [6.45, 7) is 7.44. The fourth-order valence-electron chi connectivity index (χ4n) is 3.30. The highest BCUT2D eigenvalue weighted by atomic mass is 16.3. The lowest BCUT2D eigenvalue weighted by Gasteiger charge is -2.35. The topological polar surface area (TPSA) is 75.6 Å². The predicted octanol–water partition coefficient (Wildman–Crippen LogP) is 2.70. The number of likely N-dealkylation sites (tertiary alicyclic amines) is 1. The number of carbonyl (C=O) groups is 1. The van der Waals surface area contributed by atoms with E-state index in [1.807, 2.05) is 0 Å². The van der Waals surface area contributed by atoms with Crippen molar-refractivity contribution in [1.29, 1.82) is 0 Å². The summed E-state index contributed by atoms with van der Waals surface area (Å²) in [6.07, 6.45) is 8.64. The largest absolute Gasteiger partial charge is 0.451 e. The number of rotatable bonds is 7. The van der Waals surface area contributed by atoms with Crippen LogP contribution in [-0.2, 0) is 17.9 Å². The van der Waals surface area contributed by atoms with E-state index < -0.39 is 0 Å². The SMILES string of the molecule is CC(C)N1CCC(CC(=O)N(Cc2cocn2)Cc2cocn2)CC1. The molecule has 7 nitrogen and oxygen atoms in total. The summed E-state index contributed by atoms with van der Waals surface area (Å²) >= 11 is 0. The summed E-state index contributed by atoms with van der Waals surface area (Å²) in [5, 5.41) is 0. The molecule has 2 aromatic rings. The van der Waals surface area contributed by atoms with Crippen LogP contribution >= 0.6 is 0 Å². The summed E-state index contributed by atoms with van der Waals surface area (Å²) in [6, 6.07) is 0.576. The molecule has 0 saturated carbocycles. The van der Waals surface area contributed by atoms with E-state index in [1.54, 1.807) is 17.4 Å². The molecule has 0 radical (unpaired) electrons. The number of hydrogen-bond acceptors (Lipinski definition) is 6. The van der Waals surface area contributed by atoms with Crippen molar-refractivity contribution in [3.05, 3.63) is 36.7 Å². The molecular weight excluding hydrogens is 320 g/mol. The van der Waals surface area contributed by atoms with Crippen molar-refractivity contribution >= 4 is 5.91 Å². The van der Waals surface area contributed by atoms with Crippen LogP contribution < -0.4 is 0 Å². The van der Waals surface area contributed by atoms with Crippen LogP contribution in [0.25, 0.3) is 0 Å². The van der Waals surface area contributed by atoms with Crippen molar-refractivity contribution in [2.45, 2.75) is 52.2 Å². The summed E-state index contributed by atoms with van der Waals surface area (Å²) in [5.41, 5.74) is 1.48. The van der Waals surface area contributed by atoms with Crippen LogP contribution in [0, 0.1) is 5.92 Å². The van der Waals surface area contributed by atoms with E-state index in [0.29, 0.717) is 31.5 Å². The summed E-state index contributed by atoms with van der Waals surface area (Å²) in [5.74, 6) is 0.577. The molecule has 1 aliphatic rings. The Morgan fingerprint density at radius 1 is 1.16 bits per heavy atom. The van der Waals surface area contributed by atoms with Gasteiger partial charge in [-0.3, -0.25) is 4.79 Å². The van der Waals surface area contributed by atoms with Gasteiger partial charge in [0.2, 0.25) is 5.91 Å². The maximum Gasteiger partial charge on any atom is 0.223 e. The zero-order valence-corrected chi connectivity index (χ0v) is 14.9. The van der Waals surface area contributed by atoms with E-state index in [0.717, 1.165) is 37.3 Å². The lowest BCUT2D eigenvalue weighted by molar-refractivity contribution is -0.134. The molecule has 1 saturated heterocycles. The van der Waals surface area contributed by atoms with Gasteiger partial charge in [0.1, 0.15) is 12.5 Å². The van der Waals surface area contributed by atoms with Gasteiger partial charge in [-0.2, -0.15) is 0 Å². The number of carbonyl (C=O) groups excluding carboxylic acids is 1. The fraction of sp³-hybridized carbons (Fsp3) is 0.611. The lowest BCUT2D eigenvalue weighted by Crippen LogP contribution is -2.40. The first kappa shape index (κ1) is 17.7. The van der Waals surface area contributed by atoms with Crippen molar-refractivity contribution in [3.63, 3.8) is 0 Å². The number of aromatic nitrogens is 2. The Morgan fingerprint density at radius 3 is 2.16 bits per heavy atom. The highest BCUT2D eigenvalue weighted by Gasteiger charge is 2.25. The maximum absolute atomic E-state index is 12.9. The van der Waals surface area contributed by atoms with Crippen LogP contribution in [0.4, 0.5) is 0 Å². The van der Waals surface area contributed by atoms with E-state index in [1.165, 1.54) is 12.8 Å². The Kier molecular flexibility index (Phi) is 5.86. The standard InChI is InChI=1S/C18H26N4O3/c1-14(2)21-5-3-15(4-6-21)7-18(23)22(8-16-10-24-12-19-16)9-17-11-25-13-20-17/h10-15H,3-9H2,1-2H3. The van der Waals surface area contributed by atoms with Gasteiger partial charge >= 0.3 is 0 Å². The van der Waals surface area contributed by atoms with Gasteiger partial charge in [0.05, 0.1) is 24.5 Å². The molecule has 0 bridgehead atoms. The van der Waals surface area contributed by atoms with Crippen LogP contribution in [0.1, 0.15) is 44.5 Å². The van der Waals surface area contributed by atoms with Gasteiger partial charge in [0.15, 0.2) is 12.8 Å². The Hall–Kier alpha value is -2.15. The minimum Gasteiger partial charge on any atom is -0.451 e. The average Bonchev–Trinajstić information content (AvgIpc) is 3.28. The molecule has 136 valence electrons. The molecule has 3 rings (SSSR count). The quantitative estimate of drug-likeness (QED) is 0.767. The molecule has 0 atom stereocenters. The first-order valence-electron chi connectivity index (χ1n) is 8.87. The Labute approximate surface area is 148 Å². The van der Waals surface area contributed by atoms with Gasteiger partial charge < -0.3 is 18.6 Å². The van der Waals surface area contributed by atoms with Crippen LogP contribution in [0.15, 0.2) is 34.1 Å². The Balaban J connectivity index is 1.58. The molecule has 7 heteroatoms. The van der Waals surface area contributed by atoms with E-state index in [9.17, 15) is 4.79 Å². The van der Waals surface area contributed by atoms with Crippen molar-refractivity contribution in [2.24, 2.45) is 5.92 Å². The smallest absolute Gasteiger partial charge is 0.223 e. The summed E-state index contributed by atoms with van der Waals surface area (Å²) in [4.78, 5) is 25.4. The minimum absolute atomic E-state index is 0.133. The Morgan fingerprint density at radius 2 is 1.72 bits per heavy atom. The molecule has 1 fully saturated rings. The maximum atomic E-state index is 12.9. The number of oxazole rings is 2. The zero-order valence-electron chi connectivity index (χ0n) is 14.9. The number of hydrogen-bond donors (Lipinski definition) is 0. The van der Waals surface area contributed by atoms with Crippen LogP contribution in [-0.4, -0.2) is 44.8 Å². The third kappa shape index (κ3) is 4.92. The van der Waals surface area contributed by atoms with Crippen molar-refractivity contribution in [2.75, 3.05) is 13.1 Å². The molecule has 2 aromatic heterocycles. The third-order valence-electron chi connectivity index (χ3n) is 4.87. The van der Waals surface area contributed by atoms with Gasteiger partial charge in [0.25, 0.3) is 0 Å². The molecule has 3 heterocycles. The molecule has 0 unspecified atom stereocenters. The normalized spacial score (nSPS) is 16.4. The molecule has 0 aliphatic carbocycles.